The second kappa shape index (κ2) is 4.61. The number of nitrogens with zero attached hydrogens (tertiary/aromatic N) is 1. The maximum atomic E-state index is 11.4. The molecule has 0 saturated carbocycles. The number of fused-ring (bicyclic) bond motifs is 1. The van der Waals surface area contributed by atoms with E-state index in [0.717, 1.165) is 42.5 Å². The van der Waals surface area contributed by atoms with E-state index < -0.39 is 5.97 Å². The Morgan fingerprint density at radius 2 is 2.25 bits per heavy atom. The maximum absolute atomic E-state index is 11.4. The number of carbonyl (C=O) groups excluding carboxylic acids is 1. The largest absolute Gasteiger partial charge is 0.464 e. The van der Waals surface area contributed by atoms with Gasteiger partial charge in [-0.15, -0.1) is 0 Å². The molecule has 1 aliphatic rings. The van der Waals surface area contributed by atoms with Gasteiger partial charge < -0.3 is 9.84 Å². The van der Waals surface area contributed by atoms with Gasteiger partial charge in [0.15, 0.2) is 0 Å². The van der Waals surface area contributed by atoms with Crippen LogP contribution in [0.25, 0.3) is 0 Å². The summed E-state index contributed by atoms with van der Waals surface area (Å²) in [6, 6.07) is 1.63. The molecule has 4 heteroatoms. The van der Waals surface area contributed by atoms with Crippen molar-refractivity contribution in [2.75, 3.05) is 7.11 Å². The van der Waals surface area contributed by atoms with Crippen molar-refractivity contribution in [2.45, 2.75) is 32.3 Å². The Balaban J connectivity index is 2.47. The third-order valence-corrected chi connectivity index (χ3v) is 2.96. The van der Waals surface area contributed by atoms with E-state index >= 15 is 0 Å². The van der Waals surface area contributed by atoms with Gasteiger partial charge >= 0.3 is 5.97 Å². The summed E-state index contributed by atoms with van der Waals surface area (Å²) in [5.41, 5.74) is 3.16. The fourth-order valence-electron chi connectivity index (χ4n) is 2.14. The second-order valence-corrected chi connectivity index (χ2v) is 3.95. The van der Waals surface area contributed by atoms with Crippen LogP contribution in [0.15, 0.2) is 6.07 Å². The number of aromatic nitrogens is 1. The Labute approximate surface area is 94.3 Å². The first-order chi connectivity index (χ1) is 7.76. The van der Waals surface area contributed by atoms with Crippen molar-refractivity contribution >= 4 is 5.97 Å². The lowest BCUT2D eigenvalue weighted by Gasteiger charge is -2.18. The van der Waals surface area contributed by atoms with Gasteiger partial charge in [0, 0.05) is 5.69 Å². The van der Waals surface area contributed by atoms with Crippen LogP contribution in [0.5, 0.6) is 0 Å². The zero-order chi connectivity index (χ0) is 11.5. The molecule has 0 radical (unpaired) electrons. The number of hydrogen-bond donors (Lipinski definition) is 1. The summed E-state index contributed by atoms with van der Waals surface area (Å²) in [6.07, 6.45) is 4.04. The topological polar surface area (TPSA) is 59.4 Å². The number of carbonyl (C=O) groups is 1. The number of pyridine rings is 1. The first kappa shape index (κ1) is 11.1. The molecule has 0 fully saturated rings. The standard InChI is InChI=1S/C12H15NO3/c1-16-12(15)11-6-8(7-14)9-4-2-3-5-10(9)13-11/h6,14H,2-5,7H2,1H3. The number of rotatable bonds is 2. The highest BCUT2D eigenvalue weighted by Gasteiger charge is 2.18. The highest BCUT2D eigenvalue weighted by molar-refractivity contribution is 5.87. The predicted molar refractivity (Wildman–Crippen MR) is 58.1 cm³/mol. The summed E-state index contributed by atoms with van der Waals surface area (Å²) in [6.45, 7) is -0.0468. The highest BCUT2D eigenvalue weighted by Crippen LogP contribution is 2.24. The van der Waals surface area contributed by atoms with Crippen molar-refractivity contribution in [3.05, 3.63) is 28.6 Å². The van der Waals surface area contributed by atoms with Crippen LogP contribution in [0.4, 0.5) is 0 Å². The summed E-state index contributed by atoms with van der Waals surface area (Å²) >= 11 is 0. The monoisotopic (exact) mass is 221 g/mol. The molecule has 1 N–H and O–H groups in total. The zero-order valence-corrected chi connectivity index (χ0v) is 9.32. The van der Waals surface area contributed by atoms with E-state index in [1.807, 2.05) is 0 Å². The van der Waals surface area contributed by atoms with Gasteiger partial charge in [-0.1, -0.05) is 0 Å². The van der Waals surface area contributed by atoms with Crippen molar-refractivity contribution in [1.82, 2.24) is 4.98 Å². The molecule has 0 amide bonds. The lowest BCUT2D eigenvalue weighted by molar-refractivity contribution is 0.0593. The molecule has 1 aromatic rings. The molecule has 1 heterocycles. The number of aryl methyl sites for hydroxylation is 1. The molecule has 86 valence electrons. The maximum Gasteiger partial charge on any atom is 0.356 e. The minimum Gasteiger partial charge on any atom is -0.464 e. The molecular formula is C12H15NO3. The van der Waals surface area contributed by atoms with E-state index in [4.69, 9.17) is 0 Å². The van der Waals surface area contributed by atoms with Gasteiger partial charge in [0.05, 0.1) is 13.7 Å². The average Bonchev–Trinajstić information content (AvgIpc) is 2.36. The van der Waals surface area contributed by atoms with Crippen LogP contribution in [0.3, 0.4) is 0 Å². The van der Waals surface area contributed by atoms with Crippen LogP contribution >= 0.6 is 0 Å². The minimum atomic E-state index is -0.442. The van der Waals surface area contributed by atoms with Crippen molar-refractivity contribution in [2.24, 2.45) is 0 Å². The number of hydrogen-bond acceptors (Lipinski definition) is 4. The summed E-state index contributed by atoms with van der Waals surface area (Å²) < 4.78 is 4.64. The molecule has 0 saturated heterocycles. The minimum absolute atomic E-state index is 0.0468. The Morgan fingerprint density at radius 1 is 1.50 bits per heavy atom. The number of aliphatic hydroxyl groups excluding tert-OH is 1. The molecule has 0 bridgehead atoms. The molecule has 0 aromatic carbocycles. The van der Waals surface area contributed by atoms with Crippen LogP contribution in [0.1, 0.15) is 40.2 Å². The van der Waals surface area contributed by atoms with Gasteiger partial charge in [0.25, 0.3) is 0 Å². The first-order valence-electron chi connectivity index (χ1n) is 5.47. The van der Waals surface area contributed by atoms with E-state index in [0.29, 0.717) is 5.69 Å². The van der Waals surface area contributed by atoms with E-state index in [2.05, 4.69) is 9.72 Å². The van der Waals surface area contributed by atoms with Crippen LogP contribution in [-0.2, 0) is 24.2 Å². The van der Waals surface area contributed by atoms with Gasteiger partial charge in [-0.3, -0.25) is 0 Å². The lowest BCUT2D eigenvalue weighted by Crippen LogP contribution is -2.14. The molecule has 16 heavy (non-hydrogen) atoms. The molecule has 0 aliphatic heterocycles. The number of esters is 1. The summed E-state index contributed by atoms with van der Waals surface area (Å²) in [5, 5.41) is 9.29. The summed E-state index contributed by atoms with van der Waals surface area (Å²) in [5.74, 6) is -0.442. The fraction of sp³-hybridized carbons (Fsp3) is 0.500. The SMILES string of the molecule is COC(=O)c1cc(CO)c2c(n1)CCCC2. The van der Waals surface area contributed by atoms with Crippen molar-refractivity contribution in [3.8, 4) is 0 Å². The predicted octanol–water partition coefficient (Wildman–Crippen LogP) is 1.24. The Bertz CT molecular complexity index is 398. The zero-order valence-electron chi connectivity index (χ0n) is 9.32. The van der Waals surface area contributed by atoms with Crippen molar-refractivity contribution in [3.63, 3.8) is 0 Å². The van der Waals surface area contributed by atoms with Crippen LogP contribution in [-0.4, -0.2) is 23.2 Å². The molecule has 0 unspecified atom stereocenters. The number of aliphatic hydroxyl groups is 1. The molecular weight excluding hydrogens is 206 g/mol. The third-order valence-electron chi connectivity index (χ3n) is 2.96. The molecule has 1 aliphatic carbocycles. The van der Waals surface area contributed by atoms with Gasteiger partial charge in [0.2, 0.25) is 0 Å². The second-order valence-electron chi connectivity index (χ2n) is 3.95. The Hall–Kier alpha value is -1.42. The fourth-order valence-corrected chi connectivity index (χ4v) is 2.14. The Kier molecular flexibility index (Phi) is 3.19. The molecule has 1 aromatic heterocycles. The average molecular weight is 221 g/mol. The third kappa shape index (κ3) is 1.93. The summed E-state index contributed by atoms with van der Waals surface area (Å²) in [7, 11) is 1.34. The highest BCUT2D eigenvalue weighted by atomic mass is 16.5. The van der Waals surface area contributed by atoms with Gasteiger partial charge in [-0.05, 0) is 42.9 Å². The Morgan fingerprint density at radius 3 is 2.94 bits per heavy atom. The van der Waals surface area contributed by atoms with Crippen LogP contribution < -0.4 is 0 Å². The van der Waals surface area contributed by atoms with E-state index in [1.54, 1.807) is 6.07 Å². The smallest absolute Gasteiger partial charge is 0.356 e. The van der Waals surface area contributed by atoms with E-state index in [-0.39, 0.29) is 6.61 Å². The quantitative estimate of drug-likeness (QED) is 0.763. The molecule has 0 spiro atoms. The van der Waals surface area contributed by atoms with Crippen LogP contribution in [0, 0.1) is 0 Å². The van der Waals surface area contributed by atoms with Gasteiger partial charge in [-0.2, -0.15) is 0 Å². The van der Waals surface area contributed by atoms with Crippen LogP contribution in [0.2, 0.25) is 0 Å². The summed E-state index contributed by atoms with van der Waals surface area (Å²) in [4.78, 5) is 15.7. The number of methoxy groups -OCH3 is 1. The number of ether oxygens (including phenoxy) is 1. The van der Waals surface area contributed by atoms with Gasteiger partial charge in [0.1, 0.15) is 5.69 Å². The van der Waals surface area contributed by atoms with Gasteiger partial charge in [-0.25, -0.2) is 9.78 Å². The van der Waals surface area contributed by atoms with Crippen molar-refractivity contribution in [1.29, 1.82) is 0 Å². The van der Waals surface area contributed by atoms with E-state index in [9.17, 15) is 9.90 Å². The first-order valence-corrected chi connectivity index (χ1v) is 5.47. The van der Waals surface area contributed by atoms with Crippen molar-refractivity contribution < 1.29 is 14.6 Å². The van der Waals surface area contributed by atoms with E-state index in [1.165, 1.54) is 7.11 Å². The molecule has 0 atom stereocenters. The normalized spacial score (nSPS) is 14.4. The lowest BCUT2D eigenvalue weighted by atomic mass is 9.92. The molecule has 2 rings (SSSR count). The molecule has 4 nitrogen and oxygen atoms in total.